The van der Waals surface area contributed by atoms with E-state index in [1.54, 1.807) is 47.9 Å². The fourth-order valence-corrected chi connectivity index (χ4v) is 4.27. The van der Waals surface area contributed by atoms with Crippen LogP contribution in [0.1, 0.15) is 38.1 Å². The van der Waals surface area contributed by atoms with Gasteiger partial charge in [-0.15, -0.1) is 11.8 Å². The summed E-state index contributed by atoms with van der Waals surface area (Å²) in [5.41, 5.74) is 0.383. The van der Waals surface area contributed by atoms with Gasteiger partial charge in [0.05, 0.1) is 12.0 Å². The maximum atomic E-state index is 13.0. The van der Waals surface area contributed by atoms with E-state index in [1.807, 2.05) is 0 Å². The molecule has 0 N–H and O–H groups in total. The molecule has 23 heavy (non-hydrogen) atoms. The van der Waals surface area contributed by atoms with Crippen LogP contribution in [-0.4, -0.2) is 40.6 Å². The third-order valence-electron chi connectivity index (χ3n) is 3.63. The van der Waals surface area contributed by atoms with Gasteiger partial charge in [0.1, 0.15) is 6.04 Å². The molecule has 2 atom stereocenters. The molecule has 126 valence electrons. The molecular weight excluding hydrogens is 334 g/mol. The van der Waals surface area contributed by atoms with Crippen molar-refractivity contribution in [2.75, 3.05) is 12.4 Å². The summed E-state index contributed by atoms with van der Waals surface area (Å²) >= 11 is 7.52. The monoisotopic (exact) mass is 355 g/mol. The van der Waals surface area contributed by atoms with Gasteiger partial charge < -0.3 is 9.64 Å². The van der Waals surface area contributed by atoms with Crippen LogP contribution in [0.15, 0.2) is 24.3 Å². The van der Waals surface area contributed by atoms with E-state index >= 15 is 0 Å². The van der Waals surface area contributed by atoms with E-state index in [-0.39, 0.29) is 22.7 Å². The van der Waals surface area contributed by atoms with Gasteiger partial charge in [0.15, 0.2) is 0 Å². The zero-order valence-electron chi connectivity index (χ0n) is 13.8. The molecule has 0 aliphatic carbocycles. The number of amides is 1. The largest absolute Gasteiger partial charge is 0.464 e. The zero-order valence-corrected chi connectivity index (χ0v) is 15.4. The fraction of sp³-hybridized carbons (Fsp3) is 0.529. The summed E-state index contributed by atoms with van der Waals surface area (Å²) in [5, 5.41) is 0.492. The van der Waals surface area contributed by atoms with E-state index < -0.39 is 6.04 Å². The highest BCUT2D eigenvalue weighted by Crippen LogP contribution is 2.41. The van der Waals surface area contributed by atoms with Gasteiger partial charge in [-0.25, -0.2) is 4.79 Å². The third-order valence-corrected chi connectivity index (χ3v) is 5.64. The molecule has 1 fully saturated rings. The Hall–Kier alpha value is -1.20. The lowest BCUT2D eigenvalue weighted by molar-refractivity contribution is -0.147. The van der Waals surface area contributed by atoms with Crippen molar-refractivity contribution >= 4 is 35.2 Å². The highest BCUT2D eigenvalue weighted by molar-refractivity contribution is 8.00. The molecule has 1 aliphatic rings. The van der Waals surface area contributed by atoms with E-state index in [2.05, 4.69) is 20.8 Å². The SMILES string of the molecule is CCOC(=O)[C@H]1CS[C@H](C(C)(C)C)N1C(=O)c1ccc(Cl)cc1. The van der Waals surface area contributed by atoms with Gasteiger partial charge in [-0.05, 0) is 36.6 Å². The molecule has 0 bridgehead atoms. The molecular formula is C17H22ClNO3S. The van der Waals surface area contributed by atoms with Crippen LogP contribution in [0.3, 0.4) is 0 Å². The van der Waals surface area contributed by atoms with E-state index in [9.17, 15) is 9.59 Å². The van der Waals surface area contributed by atoms with Crippen molar-refractivity contribution in [3.8, 4) is 0 Å². The van der Waals surface area contributed by atoms with Crippen molar-refractivity contribution in [2.24, 2.45) is 5.41 Å². The number of hydrogen-bond acceptors (Lipinski definition) is 4. The van der Waals surface area contributed by atoms with Crippen molar-refractivity contribution in [2.45, 2.75) is 39.1 Å². The number of carbonyl (C=O) groups excluding carboxylic acids is 2. The van der Waals surface area contributed by atoms with Gasteiger partial charge >= 0.3 is 5.97 Å². The van der Waals surface area contributed by atoms with Crippen molar-refractivity contribution in [3.63, 3.8) is 0 Å². The Morgan fingerprint density at radius 3 is 2.43 bits per heavy atom. The number of halogens is 1. The molecule has 0 unspecified atom stereocenters. The number of nitrogens with zero attached hydrogens (tertiary/aromatic N) is 1. The molecule has 1 heterocycles. The molecule has 2 rings (SSSR count). The van der Waals surface area contributed by atoms with E-state index in [1.165, 1.54) is 0 Å². The molecule has 0 spiro atoms. The molecule has 1 aliphatic heterocycles. The molecule has 1 amide bonds. The second-order valence-corrected chi connectivity index (χ2v) is 8.09. The molecule has 1 aromatic carbocycles. The summed E-state index contributed by atoms with van der Waals surface area (Å²) in [6.45, 7) is 8.29. The zero-order chi connectivity index (χ0) is 17.2. The average molecular weight is 356 g/mol. The Balaban J connectivity index is 2.34. The lowest BCUT2D eigenvalue weighted by Gasteiger charge is -2.36. The number of rotatable bonds is 3. The Morgan fingerprint density at radius 1 is 1.30 bits per heavy atom. The fourth-order valence-electron chi connectivity index (χ4n) is 2.58. The molecule has 0 saturated carbocycles. The van der Waals surface area contributed by atoms with E-state index in [0.29, 0.717) is 22.9 Å². The first-order valence-corrected chi connectivity index (χ1v) is 9.05. The van der Waals surface area contributed by atoms with Crippen LogP contribution >= 0.6 is 23.4 Å². The molecule has 0 radical (unpaired) electrons. The van der Waals surface area contributed by atoms with Crippen LogP contribution in [0.25, 0.3) is 0 Å². The smallest absolute Gasteiger partial charge is 0.329 e. The van der Waals surface area contributed by atoms with Gasteiger partial charge in [0.25, 0.3) is 5.91 Å². The number of benzene rings is 1. The van der Waals surface area contributed by atoms with E-state index in [4.69, 9.17) is 16.3 Å². The molecule has 6 heteroatoms. The summed E-state index contributed by atoms with van der Waals surface area (Å²) in [6.07, 6.45) is 0. The van der Waals surface area contributed by atoms with E-state index in [0.717, 1.165) is 0 Å². The Morgan fingerprint density at radius 2 is 1.91 bits per heavy atom. The summed E-state index contributed by atoms with van der Waals surface area (Å²) < 4.78 is 5.15. The summed E-state index contributed by atoms with van der Waals surface area (Å²) in [4.78, 5) is 26.9. The minimum absolute atomic E-state index is 0.0833. The van der Waals surface area contributed by atoms with Gasteiger partial charge in [-0.2, -0.15) is 0 Å². The first kappa shape index (κ1) is 18.1. The summed E-state index contributed by atoms with van der Waals surface area (Å²) in [7, 11) is 0. The first-order valence-electron chi connectivity index (χ1n) is 7.62. The van der Waals surface area contributed by atoms with Crippen LogP contribution in [0.2, 0.25) is 5.02 Å². The Kier molecular flexibility index (Phi) is 5.63. The van der Waals surface area contributed by atoms with Crippen LogP contribution in [0.5, 0.6) is 0 Å². The molecule has 1 aromatic rings. The standard InChI is InChI=1S/C17H22ClNO3S/c1-5-22-15(21)13-10-23-16(17(2,3)4)19(13)14(20)11-6-8-12(18)9-7-11/h6-9,13,16H,5,10H2,1-4H3/t13-,16-/m1/s1. The van der Waals surface area contributed by atoms with Gasteiger partial charge in [0.2, 0.25) is 0 Å². The number of hydrogen-bond donors (Lipinski definition) is 0. The molecule has 4 nitrogen and oxygen atoms in total. The van der Waals surface area contributed by atoms with Gasteiger partial charge in [0, 0.05) is 16.3 Å². The van der Waals surface area contributed by atoms with Gasteiger partial charge in [-0.3, -0.25) is 4.79 Å². The molecule has 1 saturated heterocycles. The maximum Gasteiger partial charge on any atom is 0.329 e. The predicted octanol–water partition coefficient (Wildman–Crippen LogP) is 3.83. The van der Waals surface area contributed by atoms with Crippen molar-refractivity contribution in [1.29, 1.82) is 0 Å². The number of esters is 1. The predicted molar refractivity (Wildman–Crippen MR) is 93.7 cm³/mol. The molecule has 0 aromatic heterocycles. The topological polar surface area (TPSA) is 46.6 Å². The highest BCUT2D eigenvalue weighted by Gasteiger charge is 2.47. The Bertz CT molecular complexity index is 582. The minimum Gasteiger partial charge on any atom is -0.464 e. The Labute approximate surface area is 146 Å². The van der Waals surface area contributed by atoms with Crippen molar-refractivity contribution in [1.82, 2.24) is 4.90 Å². The second-order valence-electron chi connectivity index (χ2n) is 6.54. The van der Waals surface area contributed by atoms with Crippen LogP contribution in [-0.2, 0) is 9.53 Å². The van der Waals surface area contributed by atoms with Crippen LogP contribution in [0.4, 0.5) is 0 Å². The number of thioether (sulfide) groups is 1. The average Bonchev–Trinajstić information content (AvgIpc) is 2.92. The quantitative estimate of drug-likeness (QED) is 0.773. The number of ether oxygens (including phenoxy) is 1. The first-order chi connectivity index (χ1) is 10.8. The second kappa shape index (κ2) is 7.14. The maximum absolute atomic E-state index is 13.0. The van der Waals surface area contributed by atoms with Crippen LogP contribution < -0.4 is 0 Å². The minimum atomic E-state index is -0.549. The van der Waals surface area contributed by atoms with Crippen molar-refractivity contribution < 1.29 is 14.3 Å². The lowest BCUT2D eigenvalue weighted by Crippen LogP contribution is -2.50. The van der Waals surface area contributed by atoms with Gasteiger partial charge in [-0.1, -0.05) is 32.4 Å². The number of carbonyl (C=O) groups is 2. The summed E-state index contributed by atoms with van der Waals surface area (Å²) in [5.74, 6) is 0.0545. The summed E-state index contributed by atoms with van der Waals surface area (Å²) in [6, 6.07) is 6.20. The third kappa shape index (κ3) is 4.01. The lowest BCUT2D eigenvalue weighted by atomic mass is 9.94. The normalized spacial score (nSPS) is 21.3. The highest BCUT2D eigenvalue weighted by atomic mass is 35.5. The van der Waals surface area contributed by atoms with Crippen LogP contribution in [0, 0.1) is 5.41 Å². The van der Waals surface area contributed by atoms with Crippen molar-refractivity contribution in [3.05, 3.63) is 34.9 Å².